The summed E-state index contributed by atoms with van der Waals surface area (Å²) in [4.78, 5) is 29.7. The summed E-state index contributed by atoms with van der Waals surface area (Å²) in [5, 5.41) is 6.94. The fourth-order valence-corrected chi connectivity index (χ4v) is 5.81. The number of hydrogen-bond acceptors (Lipinski definition) is 6. The molecule has 8 nitrogen and oxygen atoms in total. The van der Waals surface area contributed by atoms with E-state index < -0.39 is 0 Å². The van der Waals surface area contributed by atoms with E-state index in [0.717, 1.165) is 45.2 Å². The summed E-state index contributed by atoms with van der Waals surface area (Å²) in [6.07, 6.45) is 4.40. The van der Waals surface area contributed by atoms with Crippen LogP contribution in [0.3, 0.4) is 0 Å². The molecule has 0 aromatic carbocycles. The summed E-state index contributed by atoms with van der Waals surface area (Å²) in [5.74, 6) is 0.719. The zero-order valence-electron chi connectivity index (χ0n) is 17.1. The first-order valence-electron chi connectivity index (χ1n) is 10.9. The molecule has 8 heteroatoms. The van der Waals surface area contributed by atoms with Crippen molar-refractivity contribution in [2.24, 2.45) is 11.7 Å². The number of carbonyl (C=O) groups excluding carboxylic acids is 2. The van der Waals surface area contributed by atoms with Crippen molar-refractivity contribution in [1.29, 1.82) is 0 Å². The molecule has 0 aromatic heterocycles. The average molecular weight is 394 g/mol. The van der Waals surface area contributed by atoms with Crippen LogP contribution in [-0.4, -0.2) is 84.3 Å². The summed E-state index contributed by atoms with van der Waals surface area (Å²) in [5.41, 5.74) is 5.95. The third-order valence-corrected chi connectivity index (χ3v) is 7.14. The maximum atomic E-state index is 13.3. The van der Waals surface area contributed by atoms with Crippen LogP contribution in [-0.2, 0) is 14.3 Å². The summed E-state index contributed by atoms with van der Waals surface area (Å²) in [7, 11) is 0. The van der Waals surface area contributed by atoms with Gasteiger partial charge in [-0.1, -0.05) is 0 Å². The summed E-state index contributed by atoms with van der Waals surface area (Å²) in [6.45, 7) is 6.63. The van der Waals surface area contributed by atoms with Crippen LogP contribution < -0.4 is 16.4 Å². The molecular formula is C20H35N5O3. The molecule has 3 aliphatic heterocycles. The first-order chi connectivity index (χ1) is 13.5. The highest BCUT2D eigenvalue weighted by molar-refractivity contribution is 5.82. The van der Waals surface area contributed by atoms with Gasteiger partial charge in [-0.15, -0.1) is 0 Å². The Morgan fingerprint density at radius 2 is 1.93 bits per heavy atom. The quantitative estimate of drug-likeness (QED) is 0.592. The van der Waals surface area contributed by atoms with Crippen LogP contribution in [0.25, 0.3) is 0 Å². The minimum absolute atomic E-state index is 0.00825. The average Bonchev–Trinajstić information content (AvgIpc) is 3.21. The van der Waals surface area contributed by atoms with Crippen LogP contribution in [0.4, 0.5) is 0 Å². The molecule has 4 aliphatic rings. The molecule has 158 valence electrons. The molecule has 0 aromatic rings. The first kappa shape index (κ1) is 20.1. The highest BCUT2D eigenvalue weighted by atomic mass is 16.5. The molecule has 3 saturated heterocycles. The van der Waals surface area contributed by atoms with Crippen LogP contribution in [0.15, 0.2) is 0 Å². The molecule has 0 bridgehead atoms. The summed E-state index contributed by atoms with van der Waals surface area (Å²) < 4.78 is 5.70. The topological polar surface area (TPSA) is 99.9 Å². The predicted molar refractivity (Wildman–Crippen MR) is 105 cm³/mol. The number of nitrogens with two attached hydrogens (primary N) is 1. The Bertz CT molecular complexity index is 588. The number of carbonyl (C=O) groups is 2. The predicted octanol–water partition coefficient (Wildman–Crippen LogP) is -0.372. The fourth-order valence-electron chi connectivity index (χ4n) is 5.81. The Morgan fingerprint density at radius 1 is 1.11 bits per heavy atom. The molecule has 1 saturated carbocycles. The van der Waals surface area contributed by atoms with E-state index in [-0.39, 0.29) is 42.2 Å². The Kier molecular flexibility index (Phi) is 5.92. The van der Waals surface area contributed by atoms with Gasteiger partial charge in [0.25, 0.3) is 5.91 Å². The van der Waals surface area contributed by atoms with Crippen LogP contribution in [0.1, 0.15) is 46.0 Å². The zero-order valence-corrected chi connectivity index (χ0v) is 17.1. The SMILES string of the molecule is CC(=O)N1C(C)CN(C(=O)C2CCCO2)C2CC(C3CNC(N)CN3)CCC21. The molecule has 4 N–H and O–H groups in total. The second-order valence-corrected chi connectivity index (χ2v) is 9.00. The van der Waals surface area contributed by atoms with Crippen molar-refractivity contribution in [3.05, 3.63) is 0 Å². The maximum absolute atomic E-state index is 13.3. The van der Waals surface area contributed by atoms with Gasteiger partial charge in [-0.25, -0.2) is 0 Å². The molecule has 4 fully saturated rings. The van der Waals surface area contributed by atoms with Crippen molar-refractivity contribution >= 4 is 11.8 Å². The number of nitrogens with zero attached hydrogens (tertiary/aromatic N) is 2. The largest absolute Gasteiger partial charge is 0.368 e. The lowest BCUT2D eigenvalue weighted by Crippen LogP contribution is -2.69. The van der Waals surface area contributed by atoms with Crippen molar-refractivity contribution in [2.75, 3.05) is 26.2 Å². The second-order valence-electron chi connectivity index (χ2n) is 9.00. The van der Waals surface area contributed by atoms with Crippen LogP contribution in [0.2, 0.25) is 0 Å². The highest BCUT2D eigenvalue weighted by Crippen LogP contribution is 2.38. The van der Waals surface area contributed by atoms with Gasteiger partial charge in [0.15, 0.2) is 0 Å². The number of piperazine rings is 2. The molecule has 1 aliphatic carbocycles. The Hall–Kier alpha value is -1.22. The van der Waals surface area contributed by atoms with E-state index in [4.69, 9.17) is 10.5 Å². The molecule has 3 heterocycles. The third-order valence-electron chi connectivity index (χ3n) is 7.14. The van der Waals surface area contributed by atoms with Crippen molar-refractivity contribution in [3.8, 4) is 0 Å². The molecular weight excluding hydrogens is 358 g/mol. The van der Waals surface area contributed by atoms with Crippen molar-refractivity contribution in [1.82, 2.24) is 20.4 Å². The minimum atomic E-state index is -0.301. The smallest absolute Gasteiger partial charge is 0.252 e. The molecule has 0 radical (unpaired) electrons. The Labute approximate surface area is 167 Å². The standard InChI is InChI=1S/C20H35N5O3/c1-12-11-24(20(27)18-4-3-7-28-18)17-8-14(15-9-23-19(21)10-22-15)5-6-16(17)25(12)13(2)26/h12,14-19,22-23H,3-11,21H2,1-2H3. The van der Waals surface area contributed by atoms with Gasteiger partial charge in [0.05, 0.1) is 18.2 Å². The molecule has 4 rings (SSSR count). The lowest BCUT2D eigenvalue weighted by Gasteiger charge is -2.55. The van der Waals surface area contributed by atoms with E-state index in [1.807, 2.05) is 4.90 Å². The van der Waals surface area contributed by atoms with E-state index in [2.05, 4.69) is 22.5 Å². The number of ether oxygens (including phenoxy) is 1. The number of fused-ring (bicyclic) bond motifs is 1. The van der Waals surface area contributed by atoms with Crippen molar-refractivity contribution in [2.45, 2.75) is 82.4 Å². The molecule has 7 atom stereocenters. The zero-order chi connectivity index (χ0) is 19.8. The van der Waals surface area contributed by atoms with Gasteiger partial charge >= 0.3 is 0 Å². The Morgan fingerprint density at radius 3 is 2.57 bits per heavy atom. The van der Waals surface area contributed by atoms with E-state index in [0.29, 0.717) is 25.1 Å². The summed E-state index contributed by atoms with van der Waals surface area (Å²) >= 11 is 0. The molecule has 2 amide bonds. The third kappa shape index (κ3) is 3.79. The van der Waals surface area contributed by atoms with Crippen molar-refractivity contribution < 1.29 is 14.3 Å². The van der Waals surface area contributed by atoms with Gasteiger partial charge < -0.3 is 25.6 Å². The van der Waals surface area contributed by atoms with Gasteiger partial charge in [0.1, 0.15) is 6.10 Å². The number of amides is 2. The van der Waals surface area contributed by atoms with Gasteiger partial charge in [-0.05, 0) is 44.9 Å². The number of hydrogen-bond donors (Lipinski definition) is 3. The number of rotatable bonds is 2. The molecule has 28 heavy (non-hydrogen) atoms. The Balaban J connectivity index is 1.53. The van der Waals surface area contributed by atoms with Crippen LogP contribution in [0, 0.1) is 5.92 Å². The lowest BCUT2D eigenvalue weighted by atomic mass is 9.75. The van der Waals surface area contributed by atoms with Gasteiger partial charge in [0, 0.05) is 45.2 Å². The van der Waals surface area contributed by atoms with E-state index in [9.17, 15) is 9.59 Å². The van der Waals surface area contributed by atoms with E-state index in [1.165, 1.54) is 0 Å². The fraction of sp³-hybridized carbons (Fsp3) is 0.900. The normalized spacial score (nSPS) is 41.6. The summed E-state index contributed by atoms with van der Waals surface area (Å²) in [6, 6.07) is 0.605. The second kappa shape index (κ2) is 8.26. The minimum Gasteiger partial charge on any atom is -0.368 e. The molecule has 0 spiro atoms. The van der Waals surface area contributed by atoms with Gasteiger partial charge in [-0.3, -0.25) is 14.9 Å². The van der Waals surface area contributed by atoms with Crippen molar-refractivity contribution in [3.63, 3.8) is 0 Å². The van der Waals surface area contributed by atoms with E-state index in [1.54, 1.807) is 6.92 Å². The maximum Gasteiger partial charge on any atom is 0.252 e. The highest BCUT2D eigenvalue weighted by Gasteiger charge is 2.48. The lowest BCUT2D eigenvalue weighted by molar-refractivity contribution is -0.160. The van der Waals surface area contributed by atoms with Crippen LogP contribution >= 0.6 is 0 Å². The number of nitrogens with one attached hydrogen (secondary N) is 2. The van der Waals surface area contributed by atoms with Crippen LogP contribution in [0.5, 0.6) is 0 Å². The first-order valence-corrected chi connectivity index (χ1v) is 10.9. The van der Waals surface area contributed by atoms with Gasteiger partial charge in [-0.2, -0.15) is 0 Å². The van der Waals surface area contributed by atoms with Gasteiger partial charge in [0.2, 0.25) is 5.91 Å². The molecule has 7 unspecified atom stereocenters. The monoisotopic (exact) mass is 393 g/mol. The van der Waals surface area contributed by atoms with E-state index >= 15 is 0 Å².